The molecule has 0 bridgehead atoms. The van der Waals surface area contributed by atoms with Gasteiger partial charge < -0.3 is 10.2 Å². The van der Waals surface area contributed by atoms with Crippen LogP contribution in [-0.4, -0.2) is 29.0 Å². The second-order valence-corrected chi connectivity index (χ2v) is 7.38. The Hall–Kier alpha value is -3.42. The fraction of sp³-hybridized carbons (Fsp3) is 0.261. The van der Waals surface area contributed by atoms with Crippen molar-refractivity contribution in [3.8, 4) is 11.3 Å². The molecule has 0 unspecified atom stereocenters. The highest BCUT2D eigenvalue weighted by atomic mass is 19.4. The van der Waals surface area contributed by atoms with Crippen molar-refractivity contribution in [2.24, 2.45) is 0 Å². The van der Waals surface area contributed by atoms with Crippen molar-refractivity contribution in [3.05, 3.63) is 77.6 Å². The monoisotopic (exact) mass is 426 g/mol. The van der Waals surface area contributed by atoms with Gasteiger partial charge in [0.25, 0.3) is 5.91 Å². The molecule has 160 valence electrons. The van der Waals surface area contributed by atoms with Gasteiger partial charge >= 0.3 is 6.18 Å². The third-order valence-electron chi connectivity index (χ3n) is 5.24. The quantitative estimate of drug-likeness (QED) is 0.643. The van der Waals surface area contributed by atoms with E-state index in [9.17, 15) is 18.0 Å². The first-order valence-electron chi connectivity index (χ1n) is 10.0. The van der Waals surface area contributed by atoms with Crippen LogP contribution in [0.25, 0.3) is 11.3 Å². The first-order valence-corrected chi connectivity index (χ1v) is 10.0. The molecule has 8 heteroatoms. The molecule has 2 heterocycles. The van der Waals surface area contributed by atoms with Gasteiger partial charge in [-0.15, -0.1) is 0 Å². The number of alkyl halides is 3. The number of aromatic nitrogens is 2. The van der Waals surface area contributed by atoms with E-state index in [1.807, 2.05) is 12.1 Å². The molecule has 0 saturated carbocycles. The van der Waals surface area contributed by atoms with E-state index in [-0.39, 0.29) is 12.5 Å². The summed E-state index contributed by atoms with van der Waals surface area (Å²) in [4.78, 5) is 23.6. The molecule has 2 aromatic carbocycles. The molecule has 31 heavy (non-hydrogen) atoms. The van der Waals surface area contributed by atoms with Crippen molar-refractivity contribution in [1.29, 1.82) is 0 Å². The zero-order valence-electron chi connectivity index (χ0n) is 16.7. The summed E-state index contributed by atoms with van der Waals surface area (Å²) in [5.41, 5.74) is 1.99. The Balaban J connectivity index is 1.42. The van der Waals surface area contributed by atoms with Crippen LogP contribution in [0.2, 0.25) is 0 Å². The molecule has 0 atom stereocenters. The number of hydrogen-bond acceptors (Lipinski definition) is 4. The third-order valence-corrected chi connectivity index (χ3v) is 5.24. The average molecular weight is 426 g/mol. The normalized spacial score (nSPS) is 14.0. The molecule has 1 amide bonds. The van der Waals surface area contributed by atoms with Crippen molar-refractivity contribution in [2.45, 2.75) is 25.6 Å². The Kier molecular flexibility index (Phi) is 5.88. The first kappa shape index (κ1) is 20.8. The highest BCUT2D eigenvalue weighted by Crippen LogP contribution is 2.30. The van der Waals surface area contributed by atoms with E-state index in [1.54, 1.807) is 24.5 Å². The fourth-order valence-electron chi connectivity index (χ4n) is 3.57. The number of amides is 1. The summed E-state index contributed by atoms with van der Waals surface area (Å²) >= 11 is 0. The number of carbonyl (C=O) groups excluding carboxylic acids is 1. The number of nitrogens with one attached hydrogen (secondary N) is 1. The smallest absolute Gasteiger partial charge is 0.355 e. The summed E-state index contributed by atoms with van der Waals surface area (Å²) in [6, 6.07) is 11.8. The minimum Gasteiger partial charge on any atom is -0.355 e. The number of rotatable bonds is 5. The topological polar surface area (TPSA) is 58.1 Å². The van der Waals surface area contributed by atoms with Crippen LogP contribution >= 0.6 is 0 Å². The van der Waals surface area contributed by atoms with Crippen molar-refractivity contribution in [1.82, 2.24) is 15.3 Å². The van der Waals surface area contributed by atoms with Crippen molar-refractivity contribution in [2.75, 3.05) is 18.0 Å². The Bertz CT molecular complexity index is 1040. The molecule has 0 aliphatic carbocycles. The van der Waals surface area contributed by atoms with Gasteiger partial charge in [-0.2, -0.15) is 13.2 Å². The number of halogens is 3. The maximum absolute atomic E-state index is 12.6. The highest BCUT2D eigenvalue weighted by Gasteiger charge is 2.29. The standard InChI is InChI=1S/C23H21F3N4O/c24-23(25,26)19-9-3-16(4-10-19)15-29-22(31)18-7-5-17(6-8-18)20-21(28-12-11-27-20)30-13-1-2-14-30/h3-12H,1-2,13-15H2,(H,29,31). The summed E-state index contributed by atoms with van der Waals surface area (Å²) in [6.45, 7) is 2.05. The highest BCUT2D eigenvalue weighted by molar-refractivity contribution is 5.94. The Morgan fingerprint density at radius 2 is 1.58 bits per heavy atom. The van der Waals surface area contributed by atoms with E-state index in [0.29, 0.717) is 11.1 Å². The van der Waals surface area contributed by atoms with Gasteiger partial charge in [-0.05, 0) is 42.7 Å². The van der Waals surface area contributed by atoms with Crippen LogP contribution in [-0.2, 0) is 12.7 Å². The lowest BCUT2D eigenvalue weighted by Gasteiger charge is -2.19. The van der Waals surface area contributed by atoms with E-state index in [0.717, 1.165) is 55.1 Å². The predicted octanol–water partition coefficient (Wildman–Crippen LogP) is 4.69. The van der Waals surface area contributed by atoms with Crippen molar-refractivity contribution < 1.29 is 18.0 Å². The molecule has 5 nitrogen and oxygen atoms in total. The number of carbonyl (C=O) groups is 1. The number of nitrogens with zero attached hydrogens (tertiary/aromatic N) is 3. The van der Waals surface area contributed by atoms with Crippen LogP contribution < -0.4 is 10.2 Å². The van der Waals surface area contributed by atoms with E-state index in [4.69, 9.17) is 0 Å². The van der Waals surface area contributed by atoms with Gasteiger partial charge in [0, 0.05) is 43.2 Å². The van der Waals surface area contributed by atoms with Crippen LogP contribution in [0.1, 0.15) is 34.3 Å². The molecule has 4 rings (SSSR count). The SMILES string of the molecule is O=C(NCc1ccc(C(F)(F)F)cc1)c1ccc(-c2nccnc2N2CCCC2)cc1. The number of hydrogen-bond donors (Lipinski definition) is 1. The number of benzene rings is 2. The maximum Gasteiger partial charge on any atom is 0.416 e. The minimum absolute atomic E-state index is 0.141. The molecule has 1 aliphatic heterocycles. The Morgan fingerprint density at radius 1 is 0.935 bits per heavy atom. The van der Waals surface area contributed by atoms with Gasteiger partial charge in [-0.25, -0.2) is 4.98 Å². The lowest BCUT2D eigenvalue weighted by molar-refractivity contribution is -0.137. The van der Waals surface area contributed by atoms with Crippen LogP contribution in [0.3, 0.4) is 0 Å². The Morgan fingerprint density at radius 3 is 2.23 bits per heavy atom. The lowest BCUT2D eigenvalue weighted by atomic mass is 10.1. The number of anilines is 1. The molecule has 1 aromatic heterocycles. The molecule has 1 N–H and O–H groups in total. The fourth-order valence-corrected chi connectivity index (χ4v) is 3.57. The lowest BCUT2D eigenvalue weighted by Crippen LogP contribution is -2.22. The van der Waals surface area contributed by atoms with Crippen LogP contribution in [0.15, 0.2) is 60.9 Å². The maximum atomic E-state index is 12.6. The first-order chi connectivity index (χ1) is 14.9. The van der Waals surface area contributed by atoms with E-state index >= 15 is 0 Å². The van der Waals surface area contributed by atoms with Crippen molar-refractivity contribution >= 4 is 11.7 Å². The zero-order valence-corrected chi connectivity index (χ0v) is 16.7. The van der Waals surface area contributed by atoms with Crippen LogP contribution in [0.4, 0.5) is 19.0 Å². The molecule has 1 fully saturated rings. The van der Waals surface area contributed by atoms with Gasteiger partial charge in [0.2, 0.25) is 0 Å². The van der Waals surface area contributed by atoms with Crippen molar-refractivity contribution in [3.63, 3.8) is 0 Å². The van der Waals surface area contributed by atoms with E-state index in [2.05, 4.69) is 20.2 Å². The summed E-state index contributed by atoms with van der Waals surface area (Å²) in [5, 5.41) is 2.73. The molecule has 3 aromatic rings. The average Bonchev–Trinajstić information content (AvgIpc) is 3.32. The van der Waals surface area contributed by atoms with Crippen LogP contribution in [0.5, 0.6) is 0 Å². The van der Waals surface area contributed by atoms with Gasteiger partial charge in [0.05, 0.1) is 5.56 Å². The van der Waals surface area contributed by atoms with Gasteiger partial charge in [-0.3, -0.25) is 9.78 Å². The zero-order chi connectivity index (χ0) is 21.8. The van der Waals surface area contributed by atoms with E-state index < -0.39 is 11.7 Å². The molecular formula is C23H21F3N4O. The second-order valence-electron chi connectivity index (χ2n) is 7.38. The summed E-state index contributed by atoms with van der Waals surface area (Å²) in [6.07, 6.45) is 1.23. The van der Waals surface area contributed by atoms with E-state index in [1.165, 1.54) is 12.1 Å². The molecule has 1 saturated heterocycles. The third kappa shape index (κ3) is 4.84. The minimum atomic E-state index is -4.37. The second kappa shape index (κ2) is 8.75. The van der Waals surface area contributed by atoms with Gasteiger partial charge in [0.15, 0.2) is 5.82 Å². The summed E-state index contributed by atoms with van der Waals surface area (Å²) < 4.78 is 37.9. The largest absolute Gasteiger partial charge is 0.416 e. The molecule has 1 aliphatic rings. The molecule has 0 radical (unpaired) electrons. The van der Waals surface area contributed by atoms with Gasteiger partial charge in [0.1, 0.15) is 5.69 Å². The predicted molar refractivity (Wildman–Crippen MR) is 112 cm³/mol. The molecular weight excluding hydrogens is 405 g/mol. The molecule has 0 spiro atoms. The summed E-state index contributed by atoms with van der Waals surface area (Å²) in [7, 11) is 0. The van der Waals surface area contributed by atoms with Crippen LogP contribution in [0, 0.1) is 0 Å². The van der Waals surface area contributed by atoms with Gasteiger partial charge in [-0.1, -0.05) is 24.3 Å². The summed E-state index contributed by atoms with van der Waals surface area (Å²) in [5.74, 6) is 0.546. The Labute approximate surface area is 178 Å².